The van der Waals surface area contributed by atoms with Gasteiger partial charge < -0.3 is 5.32 Å². The standard InChI is InChI=1S/C27H31FNP/c1-20(18-23-12-8-9-13-26(23)27(3,4)28)21(2)29-24-14-16-25(17-15-24)30-19-22-10-6-5-7-11-22/h5-17,20,29-30H,2,18-19H2,1,3-4H3. The van der Waals surface area contributed by atoms with Crippen LogP contribution in [0.4, 0.5) is 10.1 Å². The van der Waals surface area contributed by atoms with Crippen molar-refractivity contribution >= 4 is 19.6 Å². The first-order valence-electron chi connectivity index (χ1n) is 10.4. The van der Waals surface area contributed by atoms with Crippen LogP contribution in [0, 0.1) is 5.92 Å². The first-order valence-corrected chi connectivity index (χ1v) is 11.6. The minimum Gasteiger partial charge on any atom is -0.359 e. The van der Waals surface area contributed by atoms with E-state index in [4.69, 9.17) is 0 Å². The monoisotopic (exact) mass is 419 g/mol. The Bertz CT molecular complexity index is 958. The molecule has 0 aliphatic carbocycles. The average Bonchev–Trinajstić information content (AvgIpc) is 2.73. The van der Waals surface area contributed by atoms with E-state index in [1.54, 1.807) is 13.8 Å². The van der Waals surface area contributed by atoms with E-state index in [1.165, 1.54) is 10.9 Å². The molecule has 0 radical (unpaired) electrons. The highest BCUT2D eigenvalue weighted by molar-refractivity contribution is 7.46. The highest BCUT2D eigenvalue weighted by Crippen LogP contribution is 2.30. The lowest BCUT2D eigenvalue weighted by atomic mass is 9.89. The van der Waals surface area contributed by atoms with Crippen molar-refractivity contribution in [2.75, 3.05) is 5.32 Å². The van der Waals surface area contributed by atoms with Crippen LogP contribution in [0.1, 0.15) is 37.5 Å². The lowest BCUT2D eigenvalue weighted by molar-refractivity contribution is 0.219. The fourth-order valence-electron chi connectivity index (χ4n) is 3.51. The molecule has 2 atom stereocenters. The molecule has 0 heterocycles. The average molecular weight is 420 g/mol. The maximum absolute atomic E-state index is 14.6. The molecular formula is C27H31FNP. The minimum atomic E-state index is -1.35. The second-order valence-corrected chi connectivity index (χ2v) is 9.59. The van der Waals surface area contributed by atoms with Crippen LogP contribution >= 0.6 is 8.58 Å². The summed E-state index contributed by atoms with van der Waals surface area (Å²) in [7, 11) is 0.758. The molecule has 0 amide bonds. The van der Waals surface area contributed by atoms with E-state index in [9.17, 15) is 4.39 Å². The van der Waals surface area contributed by atoms with Crippen molar-refractivity contribution < 1.29 is 4.39 Å². The SMILES string of the molecule is C=C(Nc1ccc(PCc2ccccc2)cc1)C(C)Cc1ccccc1C(C)(C)F. The number of rotatable bonds is 9. The van der Waals surface area contributed by atoms with Crippen molar-refractivity contribution in [2.45, 2.75) is 39.0 Å². The molecule has 2 unspecified atom stereocenters. The Morgan fingerprint density at radius 3 is 2.27 bits per heavy atom. The number of nitrogens with one attached hydrogen (secondary N) is 1. The minimum absolute atomic E-state index is 0.188. The molecule has 1 N–H and O–H groups in total. The summed E-state index contributed by atoms with van der Waals surface area (Å²) < 4.78 is 14.6. The van der Waals surface area contributed by atoms with Crippen LogP contribution in [0.3, 0.4) is 0 Å². The Labute approximate surface area is 182 Å². The Balaban J connectivity index is 1.57. The number of hydrogen-bond donors (Lipinski definition) is 1. The summed E-state index contributed by atoms with van der Waals surface area (Å²) >= 11 is 0. The van der Waals surface area contributed by atoms with E-state index in [1.807, 2.05) is 24.3 Å². The van der Waals surface area contributed by atoms with Crippen LogP contribution in [0.5, 0.6) is 0 Å². The van der Waals surface area contributed by atoms with Gasteiger partial charge in [0.05, 0.1) is 0 Å². The number of hydrogen-bond acceptors (Lipinski definition) is 1. The fourth-order valence-corrected chi connectivity index (χ4v) is 4.56. The Morgan fingerprint density at radius 1 is 0.967 bits per heavy atom. The van der Waals surface area contributed by atoms with Gasteiger partial charge in [-0.3, -0.25) is 0 Å². The smallest absolute Gasteiger partial charge is 0.130 e. The van der Waals surface area contributed by atoms with Crippen molar-refractivity contribution in [2.24, 2.45) is 5.92 Å². The summed E-state index contributed by atoms with van der Waals surface area (Å²) in [5.41, 5.74) is 3.81. The molecule has 3 heteroatoms. The molecule has 3 aromatic carbocycles. The van der Waals surface area contributed by atoms with E-state index in [2.05, 4.69) is 73.4 Å². The maximum atomic E-state index is 14.6. The van der Waals surface area contributed by atoms with Crippen LogP contribution in [-0.2, 0) is 18.3 Å². The number of allylic oxidation sites excluding steroid dienone is 1. The van der Waals surface area contributed by atoms with Gasteiger partial charge in [-0.05, 0) is 66.5 Å². The zero-order chi connectivity index (χ0) is 21.6. The first-order chi connectivity index (χ1) is 14.3. The highest BCUT2D eigenvalue weighted by atomic mass is 31.1. The molecule has 0 saturated heterocycles. The van der Waals surface area contributed by atoms with Crippen molar-refractivity contribution in [1.82, 2.24) is 0 Å². The highest BCUT2D eigenvalue weighted by Gasteiger charge is 2.23. The van der Waals surface area contributed by atoms with Gasteiger partial charge in [0.25, 0.3) is 0 Å². The molecule has 30 heavy (non-hydrogen) atoms. The second kappa shape index (κ2) is 10.0. The van der Waals surface area contributed by atoms with E-state index in [0.29, 0.717) is 0 Å². The predicted octanol–water partition coefficient (Wildman–Crippen LogP) is 7.20. The molecule has 0 aliphatic heterocycles. The van der Waals surface area contributed by atoms with E-state index < -0.39 is 5.67 Å². The van der Waals surface area contributed by atoms with Crippen LogP contribution in [0.15, 0.2) is 91.1 Å². The van der Waals surface area contributed by atoms with Gasteiger partial charge in [-0.25, -0.2) is 4.39 Å². The van der Waals surface area contributed by atoms with Crippen LogP contribution in [0.25, 0.3) is 0 Å². The first kappa shape index (κ1) is 22.2. The molecule has 156 valence electrons. The molecule has 0 saturated carbocycles. The van der Waals surface area contributed by atoms with Crippen molar-refractivity contribution in [3.05, 3.63) is 108 Å². The Kier molecular flexibility index (Phi) is 7.45. The summed E-state index contributed by atoms with van der Waals surface area (Å²) in [5.74, 6) is 0.188. The Hall–Kier alpha value is -2.44. The third-order valence-corrected chi connectivity index (χ3v) is 6.63. The second-order valence-electron chi connectivity index (χ2n) is 8.30. The zero-order valence-corrected chi connectivity index (χ0v) is 19.1. The zero-order valence-electron chi connectivity index (χ0n) is 18.1. The topological polar surface area (TPSA) is 12.0 Å². The molecule has 0 bridgehead atoms. The van der Waals surface area contributed by atoms with E-state index in [-0.39, 0.29) is 5.92 Å². The predicted molar refractivity (Wildman–Crippen MR) is 131 cm³/mol. The van der Waals surface area contributed by atoms with Crippen molar-refractivity contribution in [1.29, 1.82) is 0 Å². The molecule has 0 aromatic heterocycles. The molecule has 0 fully saturated rings. The van der Waals surface area contributed by atoms with Crippen molar-refractivity contribution in [3.63, 3.8) is 0 Å². The Morgan fingerprint density at radius 2 is 1.60 bits per heavy atom. The fraction of sp³-hybridized carbons (Fsp3) is 0.259. The molecule has 1 nitrogen and oxygen atoms in total. The van der Waals surface area contributed by atoms with Gasteiger partial charge in [0, 0.05) is 11.4 Å². The van der Waals surface area contributed by atoms with Gasteiger partial charge in [-0.2, -0.15) is 0 Å². The lowest BCUT2D eigenvalue weighted by Crippen LogP contribution is -2.16. The lowest BCUT2D eigenvalue weighted by Gasteiger charge is -2.22. The number of alkyl halides is 1. The van der Waals surface area contributed by atoms with Gasteiger partial charge in [0.15, 0.2) is 0 Å². The number of halogens is 1. The molecule has 3 aromatic rings. The van der Waals surface area contributed by atoms with Crippen molar-refractivity contribution in [3.8, 4) is 0 Å². The van der Waals surface area contributed by atoms with Gasteiger partial charge in [-0.1, -0.05) is 88.8 Å². The molecule has 3 rings (SSSR count). The summed E-state index contributed by atoms with van der Waals surface area (Å²) in [4.78, 5) is 0. The van der Waals surface area contributed by atoms with Gasteiger partial charge in [0.2, 0.25) is 0 Å². The van der Waals surface area contributed by atoms with Gasteiger partial charge in [0.1, 0.15) is 5.67 Å². The number of anilines is 1. The van der Waals surface area contributed by atoms with Crippen LogP contribution in [-0.4, -0.2) is 0 Å². The van der Waals surface area contributed by atoms with Gasteiger partial charge in [-0.15, -0.1) is 0 Å². The molecular weight excluding hydrogens is 388 g/mol. The summed E-state index contributed by atoms with van der Waals surface area (Å²) in [6, 6.07) is 27.0. The normalized spacial score (nSPS) is 12.8. The largest absolute Gasteiger partial charge is 0.359 e. The van der Waals surface area contributed by atoms with Crippen LogP contribution < -0.4 is 10.6 Å². The summed E-state index contributed by atoms with van der Waals surface area (Å²) in [5, 5.41) is 4.79. The number of benzene rings is 3. The quantitative estimate of drug-likeness (QED) is 0.362. The third-order valence-electron chi connectivity index (χ3n) is 5.31. The van der Waals surface area contributed by atoms with E-state index >= 15 is 0 Å². The summed E-state index contributed by atoms with van der Waals surface area (Å²) in [6.07, 6.45) is 1.83. The molecule has 0 spiro atoms. The van der Waals surface area contributed by atoms with Crippen LogP contribution in [0.2, 0.25) is 0 Å². The molecule has 0 aliphatic rings. The maximum Gasteiger partial charge on any atom is 0.130 e. The summed E-state index contributed by atoms with van der Waals surface area (Å²) in [6.45, 7) is 9.59. The van der Waals surface area contributed by atoms with Gasteiger partial charge >= 0.3 is 0 Å². The third kappa shape index (κ3) is 6.28. The van der Waals surface area contributed by atoms with E-state index in [0.717, 1.165) is 43.7 Å².